The molecular weight excluding hydrogens is 210 g/mol. The van der Waals surface area contributed by atoms with Crippen molar-refractivity contribution in [3.05, 3.63) is 23.4 Å². The van der Waals surface area contributed by atoms with Crippen molar-refractivity contribution in [3.8, 4) is 0 Å². The molecule has 1 aliphatic heterocycles. The van der Waals surface area contributed by atoms with E-state index in [1.165, 1.54) is 12.8 Å². The molecule has 4 heteroatoms. The molecule has 1 fully saturated rings. The third-order valence-corrected chi connectivity index (χ3v) is 3.05. The molecule has 15 heavy (non-hydrogen) atoms. The highest BCUT2D eigenvalue weighted by molar-refractivity contribution is 6.32. The number of hydrogen-bond acceptors (Lipinski definition) is 3. The fourth-order valence-electron chi connectivity index (χ4n) is 1.99. The van der Waals surface area contributed by atoms with Crippen LogP contribution in [0.1, 0.15) is 12.8 Å². The lowest BCUT2D eigenvalue weighted by Gasteiger charge is -2.22. The van der Waals surface area contributed by atoms with Crippen LogP contribution in [0.4, 0.5) is 5.82 Å². The summed E-state index contributed by atoms with van der Waals surface area (Å²) >= 11 is 6.08. The Kier molecular flexibility index (Phi) is 3.44. The largest absolute Gasteiger partial charge is 0.357 e. The molecule has 0 aromatic carbocycles. The molecule has 1 aliphatic rings. The van der Waals surface area contributed by atoms with E-state index in [1.54, 1.807) is 6.20 Å². The number of aromatic nitrogens is 1. The van der Waals surface area contributed by atoms with Gasteiger partial charge < -0.3 is 10.2 Å². The van der Waals surface area contributed by atoms with Crippen LogP contribution in [0, 0.1) is 0 Å². The van der Waals surface area contributed by atoms with Crippen molar-refractivity contribution in [2.75, 3.05) is 25.0 Å². The molecule has 2 rings (SSSR count). The van der Waals surface area contributed by atoms with E-state index in [4.69, 9.17) is 11.6 Å². The van der Waals surface area contributed by atoms with Gasteiger partial charge >= 0.3 is 0 Å². The molecule has 0 spiro atoms. The number of likely N-dealkylation sites (N-methyl/N-ethyl adjacent to an activating group) is 1. The fraction of sp³-hybridized carbons (Fsp3) is 0.545. The molecule has 0 aliphatic carbocycles. The van der Waals surface area contributed by atoms with Gasteiger partial charge in [0.15, 0.2) is 0 Å². The third kappa shape index (κ3) is 2.61. The molecule has 1 N–H and O–H groups in total. The Bertz CT molecular complexity index is 323. The summed E-state index contributed by atoms with van der Waals surface area (Å²) in [5, 5.41) is 4.18. The van der Waals surface area contributed by atoms with Crippen molar-refractivity contribution >= 4 is 17.4 Å². The summed E-state index contributed by atoms with van der Waals surface area (Å²) in [4.78, 5) is 6.40. The van der Waals surface area contributed by atoms with Crippen LogP contribution in [0.15, 0.2) is 18.3 Å². The van der Waals surface area contributed by atoms with E-state index < -0.39 is 0 Å². The predicted molar refractivity (Wildman–Crippen MR) is 63.5 cm³/mol. The number of rotatable bonds is 3. The highest BCUT2D eigenvalue weighted by Gasteiger charge is 2.17. The van der Waals surface area contributed by atoms with Crippen molar-refractivity contribution < 1.29 is 0 Å². The first kappa shape index (κ1) is 10.7. The van der Waals surface area contributed by atoms with E-state index in [0.29, 0.717) is 6.04 Å². The van der Waals surface area contributed by atoms with Gasteiger partial charge in [-0.2, -0.15) is 0 Å². The minimum Gasteiger partial charge on any atom is -0.357 e. The Morgan fingerprint density at radius 3 is 3.20 bits per heavy atom. The zero-order valence-electron chi connectivity index (χ0n) is 8.91. The highest BCUT2D eigenvalue weighted by atomic mass is 35.5. The first-order chi connectivity index (χ1) is 7.27. The van der Waals surface area contributed by atoms with Gasteiger partial charge in [0.25, 0.3) is 0 Å². The lowest BCUT2D eigenvalue weighted by atomic mass is 10.2. The summed E-state index contributed by atoms with van der Waals surface area (Å²) in [7, 11) is 2.04. The Hall–Kier alpha value is -0.800. The molecule has 0 bridgehead atoms. The summed E-state index contributed by atoms with van der Waals surface area (Å²) < 4.78 is 0. The second kappa shape index (κ2) is 4.81. The Morgan fingerprint density at radius 1 is 1.67 bits per heavy atom. The standard InChI is InChI=1S/C11H16ClN3/c1-15(8-9-4-2-6-13-9)11-10(12)5-3-7-14-11/h3,5,7,9,13H,2,4,6,8H2,1H3. The van der Waals surface area contributed by atoms with Crippen molar-refractivity contribution in [2.24, 2.45) is 0 Å². The molecule has 1 aromatic heterocycles. The average Bonchev–Trinajstić information content (AvgIpc) is 2.71. The maximum Gasteiger partial charge on any atom is 0.147 e. The monoisotopic (exact) mass is 225 g/mol. The van der Waals surface area contributed by atoms with Gasteiger partial charge in [0.05, 0.1) is 5.02 Å². The summed E-state index contributed by atoms with van der Waals surface area (Å²) in [6, 6.07) is 4.31. The Balaban J connectivity index is 2.00. The molecule has 0 radical (unpaired) electrons. The molecule has 0 saturated carbocycles. The minimum absolute atomic E-state index is 0.577. The summed E-state index contributed by atoms with van der Waals surface area (Å²) in [6.07, 6.45) is 4.29. The smallest absolute Gasteiger partial charge is 0.147 e. The SMILES string of the molecule is CN(CC1CCCN1)c1ncccc1Cl. The topological polar surface area (TPSA) is 28.2 Å². The van der Waals surface area contributed by atoms with Gasteiger partial charge in [0.2, 0.25) is 0 Å². The molecule has 82 valence electrons. The third-order valence-electron chi connectivity index (χ3n) is 2.76. The number of nitrogens with zero attached hydrogens (tertiary/aromatic N) is 2. The van der Waals surface area contributed by atoms with Crippen molar-refractivity contribution in [3.63, 3.8) is 0 Å². The first-order valence-electron chi connectivity index (χ1n) is 5.32. The van der Waals surface area contributed by atoms with Crippen molar-refractivity contribution in [1.29, 1.82) is 0 Å². The van der Waals surface area contributed by atoms with E-state index >= 15 is 0 Å². The first-order valence-corrected chi connectivity index (χ1v) is 5.70. The van der Waals surface area contributed by atoms with Crippen LogP contribution in [0.25, 0.3) is 0 Å². The lowest BCUT2D eigenvalue weighted by Crippen LogP contribution is -2.35. The number of nitrogens with one attached hydrogen (secondary N) is 1. The number of halogens is 1. The maximum atomic E-state index is 6.08. The highest BCUT2D eigenvalue weighted by Crippen LogP contribution is 2.21. The molecule has 3 nitrogen and oxygen atoms in total. The van der Waals surface area contributed by atoms with Crippen LogP contribution in [0.3, 0.4) is 0 Å². The van der Waals surface area contributed by atoms with Crippen LogP contribution < -0.4 is 10.2 Å². The van der Waals surface area contributed by atoms with Gasteiger partial charge in [0.1, 0.15) is 5.82 Å². The second-order valence-corrected chi connectivity index (χ2v) is 4.39. The Labute approximate surface area is 95.4 Å². The molecule has 1 saturated heterocycles. The predicted octanol–water partition coefficient (Wildman–Crippen LogP) is 1.92. The lowest BCUT2D eigenvalue weighted by molar-refractivity contribution is 0.597. The Morgan fingerprint density at radius 2 is 2.53 bits per heavy atom. The van der Waals surface area contributed by atoms with E-state index in [-0.39, 0.29) is 0 Å². The van der Waals surface area contributed by atoms with Gasteiger partial charge in [-0.25, -0.2) is 4.98 Å². The molecule has 0 amide bonds. The molecular formula is C11H16ClN3. The number of pyridine rings is 1. The van der Waals surface area contributed by atoms with Crippen LogP contribution in [-0.2, 0) is 0 Å². The number of hydrogen-bond donors (Lipinski definition) is 1. The van der Waals surface area contributed by atoms with Crippen LogP contribution in [0.2, 0.25) is 5.02 Å². The summed E-state index contributed by atoms with van der Waals surface area (Å²) in [5.74, 6) is 0.868. The van der Waals surface area contributed by atoms with Crippen LogP contribution in [-0.4, -0.2) is 31.2 Å². The van der Waals surface area contributed by atoms with E-state index in [0.717, 1.165) is 23.9 Å². The van der Waals surface area contributed by atoms with Gasteiger partial charge in [0, 0.05) is 25.8 Å². The quantitative estimate of drug-likeness (QED) is 0.852. The molecule has 1 atom stereocenters. The summed E-state index contributed by atoms with van der Waals surface area (Å²) in [5.41, 5.74) is 0. The van der Waals surface area contributed by atoms with Gasteiger partial charge in [-0.3, -0.25) is 0 Å². The van der Waals surface area contributed by atoms with Gasteiger partial charge in [-0.1, -0.05) is 11.6 Å². The normalized spacial score (nSPS) is 20.5. The van der Waals surface area contributed by atoms with Crippen molar-refractivity contribution in [2.45, 2.75) is 18.9 Å². The molecule has 2 heterocycles. The van der Waals surface area contributed by atoms with Gasteiger partial charge in [-0.15, -0.1) is 0 Å². The van der Waals surface area contributed by atoms with E-state index in [1.807, 2.05) is 19.2 Å². The molecule has 1 unspecified atom stereocenters. The maximum absolute atomic E-state index is 6.08. The average molecular weight is 226 g/mol. The van der Waals surface area contributed by atoms with Crippen LogP contribution in [0.5, 0.6) is 0 Å². The number of anilines is 1. The second-order valence-electron chi connectivity index (χ2n) is 3.98. The molecule has 1 aromatic rings. The zero-order valence-corrected chi connectivity index (χ0v) is 9.67. The van der Waals surface area contributed by atoms with E-state index in [9.17, 15) is 0 Å². The van der Waals surface area contributed by atoms with Gasteiger partial charge in [-0.05, 0) is 31.5 Å². The van der Waals surface area contributed by atoms with E-state index in [2.05, 4.69) is 15.2 Å². The van der Waals surface area contributed by atoms with Crippen LogP contribution >= 0.6 is 11.6 Å². The van der Waals surface area contributed by atoms with Crippen molar-refractivity contribution in [1.82, 2.24) is 10.3 Å². The minimum atomic E-state index is 0.577. The zero-order chi connectivity index (χ0) is 10.7. The fourth-order valence-corrected chi connectivity index (χ4v) is 2.25. The summed E-state index contributed by atoms with van der Waals surface area (Å²) in [6.45, 7) is 2.10.